The Kier molecular flexibility index (Phi) is 5.80. The first-order valence-electron chi connectivity index (χ1n) is 4.99. The summed E-state index contributed by atoms with van der Waals surface area (Å²) in [7, 11) is 0. The fourth-order valence-corrected chi connectivity index (χ4v) is 1.67. The lowest BCUT2D eigenvalue weighted by molar-refractivity contribution is 0.0952. The maximum atomic E-state index is 11.6. The summed E-state index contributed by atoms with van der Waals surface area (Å²) in [6.07, 6.45) is 1.47. The number of nitrogens with one attached hydrogen (secondary N) is 1. The molecule has 0 atom stereocenters. The molecule has 0 radical (unpaired) electrons. The van der Waals surface area contributed by atoms with E-state index in [0.717, 1.165) is 6.42 Å². The van der Waals surface area contributed by atoms with E-state index in [1.165, 1.54) is 0 Å². The first-order valence-corrected chi connectivity index (χ1v) is 6.16. The minimum atomic E-state index is -0.129. The molecule has 1 rings (SSSR count). The van der Waals surface area contributed by atoms with E-state index >= 15 is 0 Å². The van der Waals surface area contributed by atoms with Crippen LogP contribution in [-0.4, -0.2) is 24.2 Å². The van der Waals surface area contributed by atoms with Gasteiger partial charge in [0.25, 0.3) is 5.91 Å². The van der Waals surface area contributed by atoms with Gasteiger partial charge in [-0.2, -0.15) is 0 Å². The van der Waals surface area contributed by atoms with Gasteiger partial charge in [-0.05, 0) is 47.0 Å². The second-order valence-electron chi connectivity index (χ2n) is 3.32. The van der Waals surface area contributed by atoms with Gasteiger partial charge in [-0.25, -0.2) is 0 Å². The molecule has 1 amide bonds. The molecule has 1 aromatic rings. The van der Waals surface area contributed by atoms with Gasteiger partial charge in [0.15, 0.2) is 0 Å². The average Bonchev–Trinajstić information content (AvgIpc) is 2.28. The zero-order valence-corrected chi connectivity index (χ0v) is 11.0. The van der Waals surface area contributed by atoms with E-state index in [2.05, 4.69) is 21.2 Å². The Morgan fingerprint density at radius 1 is 1.44 bits per heavy atom. The molecular weight excluding hydrogens is 293 g/mol. The summed E-state index contributed by atoms with van der Waals surface area (Å²) < 4.78 is 0.706. The van der Waals surface area contributed by atoms with Crippen molar-refractivity contribution in [1.82, 2.24) is 5.32 Å². The van der Waals surface area contributed by atoms with Gasteiger partial charge in [-0.15, -0.1) is 0 Å². The van der Waals surface area contributed by atoms with Gasteiger partial charge in [-0.1, -0.05) is 11.6 Å². The minimum absolute atomic E-state index is 0.129. The van der Waals surface area contributed by atoms with Gasteiger partial charge >= 0.3 is 0 Å². The third-order valence-corrected chi connectivity index (χ3v) is 3.27. The number of carbonyl (C=O) groups is 1. The van der Waals surface area contributed by atoms with Crippen LogP contribution < -0.4 is 5.32 Å². The van der Waals surface area contributed by atoms with Crippen molar-refractivity contribution in [2.24, 2.45) is 0 Å². The molecular formula is C11H13BrClNO2. The van der Waals surface area contributed by atoms with Crippen molar-refractivity contribution in [1.29, 1.82) is 0 Å². The third-order valence-electron chi connectivity index (χ3n) is 2.05. The van der Waals surface area contributed by atoms with Gasteiger partial charge in [0, 0.05) is 23.2 Å². The van der Waals surface area contributed by atoms with E-state index in [1.54, 1.807) is 18.2 Å². The highest BCUT2D eigenvalue weighted by atomic mass is 79.9. The molecule has 0 aliphatic carbocycles. The topological polar surface area (TPSA) is 49.3 Å². The van der Waals surface area contributed by atoms with Crippen molar-refractivity contribution < 1.29 is 9.90 Å². The molecule has 16 heavy (non-hydrogen) atoms. The average molecular weight is 307 g/mol. The molecule has 0 saturated carbocycles. The summed E-state index contributed by atoms with van der Waals surface area (Å²) in [6, 6.07) is 5.03. The van der Waals surface area contributed by atoms with Crippen molar-refractivity contribution in [2.75, 3.05) is 13.2 Å². The monoisotopic (exact) mass is 305 g/mol. The molecule has 2 N–H and O–H groups in total. The van der Waals surface area contributed by atoms with E-state index in [9.17, 15) is 4.79 Å². The number of amides is 1. The summed E-state index contributed by atoms with van der Waals surface area (Å²) in [6.45, 7) is 0.724. The molecule has 0 aromatic heterocycles. The largest absolute Gasteiger partial charge is 0.396 e. The molecule has 0 unspecified atom stereocenters. The molecule has 1 aromatic carbocycles. The molecule has 0 fully saturated rings. The van der Waals surface area contributed by atoms with Crippen molar-refractivity contribution in [3.63, 3.8) is 0 Å². The summed E-state index contributed by atoms with van der Waals surface area (Å²) in [5, 5.41) is 11.9. The Morgan fingerprint density at radius 2 is 2.19 bits per heavy atom. The number of aliphatic hydroxyl groups excluding tert-OH is 1. The maximum absolute atomic E-state index is 11.6. The summed E-state index contributed by atoms with van der Waals surface area (Å²) >= 11 is 9.09. The molecule has 88 valence electrons. The van der Waals surface area contributed by atoms with Crippen LogP contribution in [0.4, 0.5) is 0 Å². The van der Waals surface area contributed by atoms with Crippen LogP contribution >= 0.6 is 27.5 Å². The minimum Gasteiger partial charge on any atom is -0.396 e. The fraction of sp³-hybridized carbons (Fsp3) is 0.364. The van der Waals surface area contributed by atoms with Crippen LogP contribution in [0.3, 0.4) is 0 Å². The van der Waals surface area contributed by atoms with Gasteiger partial charge in [0.1, 0.15) is 0 Å². The highest BCUT2D eigenvalue weighted by Gasteiger charge is 2.06. The Morgan fingerprint density at radius 3 is 2.81 bits per heavy atom. The van der Waals surface area contributed by atoms with Gasteiger partial charge in [0.05, 0.1) is 5.02 Å². The van der Waals surface area contributed by atoms with E-state index in [1.807, 2.05) is 0 Å². The zero-order valence-electron chi connectivity index (χ0n) is 8.67. The Hall–Kier alpha value is -0.580. The molecule has 0 aliphatic rings. The third kappa shape index (κ3) is 4.12. The lowest BCUT2D eigenvalue weighted by Gasteiger charge is -2.05. The first-order chi connectivity index (χ1) is 7.65. The first kappa shape index (κ1) is 13.5. The number of unbranched alkanes of at least 4 members (excludes halogenated alkanes) is 1. The van der Waals surface area contributed by atoms with Crippen molar-refractivity contribution >= 4 is 33.4 Å². The zero-order chi connectivity index (χ0) is 12.0. The van der Waals surface area contributed by atoms with Crippen LogP contribution in [0, 0.1) is 0 Å². The highest BCUT2D eigenvalue weighted by molar-refractivity contribution is 9.10. The predicted octanol–water partition coefficient (Wildman–Crippen LogP) is 2.60. The lowest BCUT2D eigenvalue weighted by atomic mass is 10.2. The maximum Gasteiger partial charge on any atom is 0.251 e. The number of aliphatic hydroxyl groups is 1. The van der Waals surface area contributed by atoms with E-state index < -0.39 is 0 Å². The number of hydrogen-bond donors (Lipinski definition) is 2. The predicted molar refractivity (Wildman–Crippen MR) is 67.8 cm³/mol. The Bertz CT molecular complexity index is 371. The number of carbonyl (C=O) groups excluding carboxylic acids is 1. The van der Waals surface area contributed by atoms with E-state index in [4.69, 9.17) is 16.7 Å². The molecule has 3 nitrogen and oxygen atoms in total. The molecule has 0 heterocycles. The van der Waals surface area contributed by atoms with Gasteiger partial charge < -0.3 is 10.4 Å². The number of halogens is 2. The molecule has 0 aliphatic heterocycles. The molecule has 0 spiro atoms. The molecule has 0 bridgehead atoms. The van der Waals surface area contributed by atoms with Crippen LogP contribution in [0.5, 0.6) is 0 Å². The van der Waals surface area contributed by atoms with Crippen LogP contribution in [0.2, 0.25) is 5.02 Å². The van der Waals surface area contributed by atoms with E-state index in [-0.39, 0.29) is 12.5 Å². The van der Waals surface area contributed by atoms with E-state index in [0.29, 0.717) is 28.0 Å². The van der Waals surface area contributed by atoms with Crippen LogP contribution in [0.15, 0.2) is 22.7 Å². The fourth-order valence-electron chi connectivity index (χ4n) is 1.18. The van der Waals surface area contributed by atoms with Crippen LogP contribution in [-0.2, 0) is 0 Å². The van der Waals surface area contributed by atoms with Crippen molar-refractivity contribution in [3.8, 4) is 0 Å². The lowest BCUT2D eigenvalue weighted by Crippen LogP contribution is -2.24. The second kappa shape index (κ2) is 6.89. The summed E-state index contributed by atoms with van der Waals surface area (Å²) in [4.78, 5) is 11.6. The van der Waals surface area contributed by atoms with Crippen molar-refractivity contribution in [3.05, 3.63) is 33.3 Å². The molecule has 0 saturated heterocycles. The number of benzene rings is 1. The quantitative estimate of drug-likeness (QED) is 0.822. The van der Waals surface area contributed by atoms with Crippen LogP contribution in [0.1, 0.15) is 23.2 Å². The van der Waals surface area contributed by atoms with Gasteiger partial charge in [-0.3, -0.25) is 4.79 Å². The molecule has 5 heteroatoms. The van der Waals surface area contributed by atoms with Crippen molar-refractivity contribution in [2.45, 2.75) is 12.8 Å². The summed E-state index contributed by atoms with van der Waals surface area (Å²) in [5.41, 5.74) is 0.570. The smallest absolute Gasteiger partial charge is 0.251 e. The standard InChI is InChI=1S/C11H13BrClNO2/c12-9-7-8(3-4-10(9)13)11(16)14-5-1-2-6-15/h3-4,7,15H,1-2,5-6H2,(H,14,16). The number of rotatable bonds is 5. The SMILES string of the molecule is O=C(NCCCCO)c1ccc(Cl)c(Br)c1. The highest BCUT2D eigenvalue weighted by Crippen LogP contribution is 2.23. The van der Waals surface area contributed by atoms with Crippen LogP contribution in [0.25, 0.3) is 0 Å². The Labute approximate surface area is 108 Å². The van der Waals surface area contributed by atoms with Gasteiger partial charge in [0.2, 0.25) is 0 Å². The summed E-state index contributed by atoms with van der Waals surface area (Å²) in [5.74, 6) is -0.129. The number of hydrogen-bond acceptors (Lipinski definition) is 2. The normalized spacial score (nSPS) is 10.2. The Balaban J connectivity index is 2.50. The second-order valence-corrected chi connectivity index (χ2v) is 4.58.